The molecule has 1 fully saturated rings. The average molecular weight is 360 g/mol. The lowest BCUT2D eigenvalue weighted by atomic mass is 9.94. The van der Waals surface area contributed by atoms with E-state index in [-0.39, 0.29) is 12.1 Å². The van der Waals surface area contributed by atoms with Crippen molar-refractivity contribution < 1.29 is 14.3 Å². The van der Waals surface area contributed by atoms with Gasteiger partial charge in [0.25, 0.3) is 0 Å². The molecule has 0 amide bonds. The molecule has 6 heteroatoms. The summed E-state index contributed by atoms with van der Waals surface area (Å²) in [5, 5.41) is 6.71. The Labute approximate surface area is 153 Å². The molecule has 0 unspecified atom stereocenters. The van der Waals surface area contributed by atoms with Gasteiger partial charge >= 0.3 is 5.97 Å². The molecule has 0 saturated heterocycles. The Bertz CT molecular complexity index is 716. The van der Waals surface area contributed by atoms with Gasteiger partial charge in [-0.1, -0.05) is 25.1 Å². The number of carbonyl (C=O) groups excluding carboxylic acids is 1. The highest BCUT2D eigenvalue weighted by atomic mass is 32.1. The van der Waals surface area contributed by atoms with E-state index in [9.17, 15) is 4.79 Å². The fraction of sp³-hybridized carbons (Fsp3) is 0.474. The molecule has 2 aliphatic rings. The van der Waals surface area contributed by atoms with Crippen molar-refractivity contribution in [3.63, 3.8) is 0 Å². The lowest BCUT2D eigenvalue weighted by Gasteiger charge is -2.31. The van der Waals surface area contributed by atoms with Crippen LogP contribution in [0.15, 0.2) is 35.5 Å². The van der Waals surface area contributed by atoms with Crippen LogP contribution < -0.4 is 15.4 Å². The summed E-state index contributed by atoms with van der Waals surface area (Å²) in [6.45, 7) is 3.99. The summed E-state index contributed by atoms with van der Waals surface area (Å²) in [6, 6.07) is 7.23. The summed E-state index contributed by atoms with van der Waals surface area (Å²) in [5.74, 6) is 0.812. The number of nitrogens with one attached hydrogen (secondary N) is 2. The number of hydrogen-bond donors (Lipinski definition) is 2. The highest BCUT2D eigenvalue weighted by molar-refractivity contribution is 7.80. The fourth-order valence-corrected chi connectivity index (χ4v) is 3.86. The van der Waals surface area contributed by atoms with Crippen LogP contribution in [-0.2, 0) is 9.53 Å². The number of allylic oxidation sites excluding steroid dienone is 1. The molecule has 0 bridgehead atoms. The topological polar surface area (TPSA) is 59.6 Å². The van der Waals surface area contributed by atoms with E-state index in [0.29, 0.717) is 22.4 Å². The smallest absolute Gasteiger partial charge is 0.338 e. The number of para-hydroxylation sites is 1. The summed E-state index contributed by atoms with van der Waals surface area (Å²) in [5.41, 5.74) is 2.13. The summed E-state index contributed by atoms with van der Waals surface area (Å²) < 4.78 is 11.3. The molecule has 1 aliphatic carbocycles. The Kier molecular flexibility index (Phi) is 5.27. The molecule has 1 aromatic carbocycles. The van der Waals surface area contributed by atoms with Crippen LogP contribution in [0, 0.1) is 5.92 Å². The summed E-state index contributed by atoms with van der Waals surface area (Å²) in [6.07, 6.45) is 3.12. The molecule has 1 aliphatic heterocycles. The van der Waals surface area contributed by atoms with Gasteiger partial charge in [-0.25, -0.2) is 4.79 Å². The highest BCUT2D eigenvalue weighted by Gasteiger charge is 2.35. The van der Waals surface area contributed by atoms with E-state index in [0.717, 1.165) is 30.5 Å². The molecule has 3 rings (SSSR count). The monoisotopic (exact) mass is 360 g/mol. The number of ether oxygens (including phenoxy) is 2. The first-order valence-electron chi connectivity index (χ1n) is 8.63. The zero-order chi connectivity index (χ0) is 18.0. The van der Waals surface area contributed by atoms with E-state index in [1.165, 1.54) is 0 Å². The van der Waals surface area contributed by atoms with Gasteiger partial charge in [-0.05, 0) is 50.4 Å². The maximum Gasteiger partial charge on any atom is 0.338 e. The Hall–Kier alpha value is -2.08. The molecule has 1 saturated carbocycles. The van der Waals surface area contributed by atoms with Crippen molar-refractivity contribution in [3.05, 3.63) is 41.1 Å². The second-order valence-corrected chi connectivity index (χ2v) is 7.07. The van der Waals surface area contributed by atoms with Crippen molar-refractivity contribution in [1.29, 1.82) is 0 Å². The second-order valence-electron chi connectivity index (χ2n) is 6.66. The van der Waals surface area contributed by atoms with Crippen molar-refractivity contribution >= 4 is 23.3 Å². The van der Waals surface area contributed by atoms with Crippen LogP contribution in [0.1, 0.15) is 44.7 Å². The van der Waals surface area contributed by atoms with Crippen molar-refractivity contribution in [1.82, 2.24) is 10.6 Å². The summed E-state index contributed by atoms with van der Waals surface area (Å²) in [4.78, 5) is 13.0. The molecular formula is C19H24N2O3S. The van der Waals surface area contributed by atoms with Gasteiger partial charge in [0.2, 0.25) is 0 Å². The predicted octanol–water partition coefficient (Wildman–Crippen LogP) is 3.22. The average Bonchev–Trinajstić information content (AvgIpc) is 2.98. The first-order chi connectivity index (χ1) is 12.0. The number of methoxy groups -OCH3 is 1. The van der Waals surface area contributed by atoms with Gasteiger partial charge in [0.15, 0.2) is 5.11 Å². The third-order valence-electron chi connectivity index (χ3n) is 4.98. The second kappa shape index (κ2) is 7.44. The van der Waals surface area contributed by atoms with Crippen LogP contribution in [0.25, 0.3) is 0 Å². The van der Waals surface area contributed by atoms with Gasteiger partial charge in [-0.2, -0.15) is 0 Å². The predicted molar refractivity (Wildman–Crippen MR) is 100 cm³/mol. The molecule has 2 N–H and O–H groups in total. The molecular weight excluding hydrogens is 336 g/mol. The fourth-order valence-electron chi connectivity index (χ4n) is 3.59. The maximum absolute atomic E-state index is 13.0. The zero-order valence-corrected chi connectivity index (χ0v) is 15.6. The standard InChI is InChI=1S/C19H24N2O3S/c1-11-7-6-10-14(11)24-18(22)16-12(2)20-19(25)21-17(16)13-8-4-5-9-15(13)23-3/h4-5,8-9,11,14,17H,6-7,10H2,1-3H3,(H2,20,21,25)/t11-,14+,17+/m0/s1. The Morgan fingerprint density at radius 1 is 1.28 bits per heavy atom. The van der Waals surface area contributed by atoms with Gasteiger partial charge in [0.1, 0.15) is 11.9 Å². The molecule has 134 valence electrons. The molecule has 3 atom stereocenters. The van der Waals surface area contributed by atoms with Crippen LogP contribution in [-0.4, -0.2) is 24.3 Å². The number of benzene rings is 1. The van der Waals surface area contributed by atoms with E-state index in [2.05, 4.69) is 17.6 Å². The van der Waals surface area contributed by atoms with Gasteiger partial charge < -0.3 is 20.1 Å². The maximum atomic E-state index is 13.0. The number of carbonyl (C=O) groups is 1. The first-order valence-corrected chi connectivity index (χ1v) is 9.04. The Morgan fingerprint density at radius 2 is 2.04 bits per heavy atom. The first kappa shape index (κ1) is 17.7. The number of hydrogen-bond acceptors (Lipinski definition) is 4. The molecule has 0 radical (unpaired) electrons. The minimum atomic E-state index is -0.394. The van der Waals surface area contributed by atoms with Crippen LogP contribution in [0.2, 0.25) is 0 Å². The minimum Gasteiger partial charge on any atom is -0.496 e. The van der Waals surface area contributed by atoms with Crippen molar-refractivity contribution in [2.24, 2.45) is 5.92 Å². The molecule has 0 spiro atoms. The lowest BCUT2D eigenvalue weighted by molar-refractivity contribution is -0.146. The zero-order valence-electron chi connectivity index (χ0n) is 14.8. The van der Waals surface area contributed by atoms with Crippen molar-refractivity contribution in [3.8, 4) is 5.75 Å². The van der Waals surface area contributed by atoms with Crippen LogP contribution >= 0.6 is 12.2 Å². The Balaban J connectivity index is 1.93. The third kappa shape index (κ3) is 3.63. The molecule has 5 nitrogen and oxygen atoms in total. The highest BCUT2D eigenvalue weighted by Crippen LogP contribution is 2.35. The van der Waals surface area contributed by atoms with E-state index in [1.807, 2.05) is 31.2 Å². The number of thiocarbonyl (C=S) groups is 1. The summed E-state index contributed by atoms with van der Waals surface area (Å²) in [7, 11) is 1.62. The number of esters is 1. The van der Waals surface area contributed by atoms with Crippen LogP contribution in [0.5, 0.6) is 5.75 Å². The Morgan fingerprint density at radius 3 is 2.72 bits per heavy atom. The largest absolute Gasteiger partial charge is 0.496 e. The molecule has 1 aromatic rings. The van der Waals surface area contributed by atoms with Crippen molar-refractivity contribution in [2.45, 2.75) is 45.3 Å². The van der Waals surface area contributed by atoms with Gasteiger partial charge in [-0.15, -0.1) is 0 Å². The van der Waals surface area contributed by atoms with E-state index < -0.39 is 6.04 Å². The van der Waals surface area contributed by atoms with Crippen LogP contribution in [0.4, 0.5) is 0 Å². The number of rotatable bonds is 4. The van der Waals surface area contributed by atoms with Gasteiger partial charge in [-0.3, -0.25) is 0 Å². The SMILES string of the molecule is COc1ccccc1[C@H]1NC(=S)NC(C)=C1C(=O)O[C@@H]1CCC[C@@H]1C. The van der Waals surface area contributed by atoms with E-state index in [4.69, 9.17) is 21.7 Å². The van der Waals surface area contributed by atoms with Crippen LogP contribution in [0.3, 0.4) is 0 Å². The molecule has 1 heterocycles. The molecule has 0 aromatic heterocycles. The molecule has 25 heavy (non-hydrogen) atoms. The van der Waals surface area contributed by atoms with Crippen molar-refractivity contribution in [2.75, 3.05) is 7.11 Å². The third-order valence-corrected chi connectivity index (χ3v) is 5.20. The van der Waals surface area contributed by atoms with Gasteiger partial charge in [0, 0.05) is 11.3 Å². The summed E-state index contributed by atoms with van der Waals surface area (Å²) >= 11 is 5.29. The minimum absolute atomic E-state index is 0.0139. The van der Waals surface area contributed by atoms with E-state index >= 15 is 0 Å². The van der Waals surface area contributed by atoms with E-state index in [1.54, 1.807) is 7.11 Å². The normalized spacial score (nSPS) is 26.0. The lowest BCUT2D eigenvalue weighted by Crippen LogP contribution is -2.45. The van der Waals surface area contributed by atoms with Gasteiger partial charge in [0.05, 0.1) is 18.7 Å². The quantitative estimate of drug-likeness (QED) is 0.635.